The van der Waals surface area contributed by atoms with Gasteiger partial charge in [-0.25, -0.2) is 0 Å². The fourth-order valence-corrected chi connectivity index (χ4v) is 1.93. The van der Waals surface area contributed by atoms with Gasteiger partial charge in [0.2, 0.25) is 0 Å². The molecule has 0 saturated heterocycles. The van der Waals surface area contributed by atoms with Crippen LogP contribution in [-0.2, 0) is 0 Å². The molecule has 1 aliphatic heterocycles. The van der Waals surface area contributed by atoms with Crippen molar-refractivity contribution in [2.75, 3.05) is 7.05 Å². The first kappa shape index (κ1) is 7.71. The Morgan fingerprint density at radius 1 is 1.64 bits per heavy atom. The second-order valence-corrected chi connectivity index (χ2v) is 3.97. The number of halogens is 2. The van der Waals surface area contributed by atoms with Gasteiger partial charge in [0.15, 0.2) is 5.16 Å². The van der Waals surface area contributed by atoms with Crippen molar-refractivity contribution in [1.29, 1.82) is 0 Å². The first-order valence-electron chi connectivity index (χ1n) is 3.55. The van der Waals surface area contributed by atoms with Gasteiger partial charge in [-0.05, 0) is 28.8 Å². The van der Waals surface area contributed by atoms with Crippen molar-refractivity contribution in [3.63, 3.8) is 0 Å². The molecule has 1 N–H and O–H groups in total. The second kappa shape index (κ2) is 2.54. The maximum Gasteiger partial charge on any atom is 0.153 e. The summed E-state index contributed by atoms with van der Waals surface area (Å²) in [5.41, 5.74) is 3.06. The second-order valence-electron chi connectivity index (χ2n) is 2.82. The van der Waals surface area contributed by atoms with Gasteiger partial charge >= 0.3 is 0 Å². The molecule has 0 amide bonds. The number of nitrogens with one attached hydrogen (secondary N) is 1. The fourth-order valence-electron chi connectivity index (χ4n) is 1.20. The molecule has 11 heavy (non-hydrogen) atoms. The molecule has 0 spiro atoms. The molecule has 0 aromatic heterocycles. The van der Waals surface area contributed by atoms with Crippen LogP contribution in [0.1, 0.15) is 12.8 Å². The third kappa shape index (κ3) is 1.23. The van der Waals surface area contributed by atoms with E-state index in [1.165, 1.54) is 12.8 Å². The molecular formula is C6H9BrClN3. The van der Waals surface area contributed by atoms with Gasteiger partial charge in [0.1, 0.15) is 4.61 Å². The minimum Gasteiger partial charge on any atom is -0.292 e. The Bertz CT molecular complexity index is 214. The molecular weight excluding hydrogens is 229 g/mol. The van der Waals surface area contributed by atoms with Crippen LogP contribution in [0, 0.1) is 0 Å². The normalized spacial score (nSPS) is 26.3. The third-order valence-electron chi connectivity index (χ3n) is 1.86. The largest absolute Gasteiger partial charge is 0.292 e. The molecule has 0 bridgehead atoms. The summed E-state index contributed by atoms with van der Waals surface area (Å²) in [6, 6.07) is 0.607. The molecule has 1 fully saturated rings. The number of nitrogens with zero attached hydrogens (tertiary/aromatic N) is 2. The third-order valence-corrected chi connectivity index (χ3v) is 3.00. The molecule has 1 aliphatic carbocycles. The van der Waals surface area contributed by atoms with E-state index in [9.17, 15) is 0 Å². The van der Waals surface area contributed by atoms with Crippen LogP contribution in [0.2, 0.25) is 0 Å². The van der Waals surface area contributed by atoms with Crippen LogP contribution in [0.3, 0.4) is 0 Å². The van der Waals surface area contributed by atoms with Gasteiger partial charge in [-0.1, -0.05) is 11.6 Å². The molecule has 0 unspecified atom stereocenters. The first-order chi connectivity index (χ1) is 5.20. The summed E-state index contributed by atoms with van der Waals surface area (Å²) in [6.07, 6.45) is 2.48. The van der Waals surface area contributed by atoms with Gasteiger partial charge in [0.25, 0.3) is 0 Å². The predicted molar refractivity (Wildman–Crippen MR) is 47.6 cm³/mol. The zero-order chi connectivity index (χ0) is 8.01. The van der Waals surface area contributed by atoms with Crippen molar-refractivity contribution in [3.05, 3.63) is 9.76 Å². The Morgan fingerprint density at radius 2 is 2.27 bits per heavy atom. The summed E-state index contributed by atoms with van der Waals surface area (Å²) < 4.78 is 0.855. The van der Waals surface area contributed by atoms with Crippen LogP contribution >= 0.6 is 27.5 Å². The number of hydrogen-bond acceptors (Lipinski definition) is 3. The molecule has 62 valence electrons. The molecule has 2 rings (SSSR count). The molecule has 1 saturated carbocycles. The summed E-state index contributed by atoms with van der Waals surface area (Å²) in [7, 11) is 1.95. The van der Waals surface area contributed by atoms with Gasteiger partial charge < -0.3 is 0 Å². The average Bonchev–Trinajstić information content (AvgIpc) is 2.68. The summed E-state index contributed by atoms with van der Waals surface area (Å²) in [6.45, 7) is 0. The quantitative estimate of drug-likeness (QED) is 0.700. The highest BCUT2D eigenvalue weighted by Gasteiger charge is 2.37. The Morgan fingerprint density at radius 3 is 2.64 bits per heavy atom. The smallest absolute Gasteiger partial charge is 0.153 e. The average molecular weight is 239 g/mol. The lowest BCUT2D eigenvalue weighted by molar-refractivity contribution is 0.0254. The molecule has 0 aromatic carbocycles. The summed E-state index contributed by atoms with van der Waals surface area (Å²) in [4.78, 5) is 0. The van der Waals surface area contributed by atoms with Crippen LogP contribution in [0.25, 0.3) is 0 Å². The minimum absolute atomic E-state index is 0.607. The number of hydrogen-bond donors (Lipinski definition) is 1. The molecule has 0 radical (unpaired) electrons. The highest BCUT2D eigenvalue weighted by Crippen LogP contribution is 2.36. The van der Waals surface area contributed by atoms with E-state index in [1.807, 2.05) is 12.2 Å². The van der Waals surface area contributed by atoms with Gasteiger partial charge in [-0.2, -0.15) is 0 Å². The van der Waals surface area contributed by atoms with Gasteiger partial charge in [0.05, 0.1) is 0 Å². The molecule has 5 heteroatoms. The summed E-state index contributed by atoms with van der Waals surface area (Å²) in [5, 5.41) is 4.73. The lowest BCUT2D eigenvalue weighted by Crippen LogP contribution is -2.40. The molecule has 2 aliphatic rings. The van der Waals surface area contributed by atoms with E-state index in [-0.39, 0.29) is 0 Å². The number of rotatable bonds is 1. The van der Waals surface area contributed by atoms with Gasteiger partial charge in [0, 0.05) is 13.1 Å². The Balaban J connectivity index is 2.17. The monoisotopic (exact) mass is 237 g/mol. The topological polar surface area (TPSA) is 18.5 Å². The van der Waals surface area contributed by atoms with E-state index in [2.05, 4.69) is 26.4 Å². The van der Waals surface area contributed by atoms with Crippen molar-refractivity contribution in [3.8, 4) is 0 Å². The number of hydrazine groups is 2. The lowest BCUT2D eigenvalue weighted by Gasteiger charge is -2.25. The van der Waals surface area contributed by atoms with E-state index >= 15 is 0 Å². The van der Waals surface area contributed by atoms with Crippen molar-refractivity contribution in [1.82, 2.24) is 15.6 Å². The first-order valence-corrected chi connectivity index (χ1v) is 4.72. The Kier molecular flexibility index (Phi) is 1.78. The van der Waals surface area contributed by atoms with Crippen LogP contribution in [0.5, 0.6) is 0 Å². The SMILES string of the molecule is CN1NC(Br)=C(Cl)N1C1CC1. The van der Waals surface area contributed by atoms with Gasteiger partial charge in [-0.3, -0.25) is 10.4 Å². The van der Waals surface area contributed by atoms with Crippen LogP contribution in [0.4, 0.5) is 0 Å². The van der Waals surface area contributed by atoms with Crippen molar-refractivity contribution in [2.24, 2.45) is 0 Å². The standard InChI is InChI=1S/C6H9BrClN3/c1-10-9-5(7)6(8)11(10)4-2-3-4/h4,9H,2-3H2,1H3. The van der Waals surface area contributed by atoms with Crippen LogP contribution < -0.4 is 5.43 Å². The van der Waals surface area contributed by atoms with Crippen molar-refractivity contribution in [2.45, 2.75) is 18.9 Å². The van der Waals surface area contributed by atoms with Crippen LogP contribution in [0.15, 0.2) is 9.76 Å². The van der Waals surface area contributed by atoms with E-state index < -0.39 is 0 Å². The summed E-state index contributed by atoms with van der Waals surface area (Å²) >= 11 is 9.35. The zero-order valence-corrected chi connectivity index (χ0v) is 8.48. The minimum atomic E-state index is 0.607. The summed E-state index contributed by atoms with van der Waals surface area (Å²) in [5.74, 6) is 0. The molecule has 1 heterocycles. The maximum atomic E-state index is 6.01. The Hall–Kier alpha value is 0.0700. The Labute approximate surface area is 79.0 Å². The van der Waals surface area contributed by atoms with Gasteiger partial charge in [-0.15, -0.1) is 5.12 Å². The lowest BCUT2D eigenvalue weighted by atomic mass is 10.6. The van der Waals surface area contributed by atoms with Crippen LogP contribution in [-0.4, -0.2) is 23.2 Å². The fraction of sp³-hybridized carbons (Fsp3) is 0.667. The van der Waals surface area contributed by atoms with Crippen molar-refractivity contribution >= 4 is 27.5 Å². The van der Waals surface area contributed by atoms with E-state index in [0.29, 0.717) is 6.04 Å². The van der Waals surface area contributed by atoms with E-state index in [0.717, 1.165) is 9.76 Å². The highest BCUT2D eigenvalue weighted by molar-refractivity contribution is 9.11. The molecule has 0 atom stereocenters. The molecule has 0 aromatic rings. The molecule has 3 nitrogen and oxygen atoms in total. The van der Waals surface area contributed by atoms with E-state index in [4.69, 9.17) is 11.6 Å². The van der Waals surface area contributed by atoms with Crippen molar-refractivity contribution < 1.29 is 0 Å². The zero-order valence-electron chi connectivity index (χ0n) is 6.14. The maximum absolute atomic E-state index is 6.01. The van der Waals surface area contributed by atoms with E-state index in [1.54, 1.807) is 0 Å². The predicted octanol–water partition coefficient (Wildman–Crippen LogP) is 1.58. The highest BCUT2D eigenvalue weighted by atomic mass is 79.9.